The highest BCUT2D eigenvalue weighted by molar-refractivity contribution is 4.98. The Morgan fingerprint density at radius 3 is 2.68 bits per heavy atom. The predicted molar refractivity (Wildman–Crippen MR) is 65.2 cm³/mol. The minimum absolute atomic E-state index is 0.441. The van der Waals surface area contributed by atoms with Crippen LogP contribution in [0.4, 0.5) is 0 Å². The van der Waals surface area contributed by atoms with Gasteiger partial charge in [-0.15, -0.1) is 0 Å². The third-order valence-electron chi connectivity index (χ3n) is 3.42. The van der Waals surface area contributed by atoms with Gasteiger partial charge in [0.2, 0.25) is 11.8 Å². The molecule has 0 radical (unpaired) electrons. The van der Waals surface area contributed by atoms with Crippen LogP contribution >= 0.6 is 0 Å². The molecule has 0 aliphatic carbocycles. The van der Waals surface area contributed by atoms with Crippen LogP contribution in [0.2, 0.25) is 0 Å². The second-order valence-corrected chi connectivity index (χ2v) is 4.97. The normalized spacial score (nSPS) is 20.2. The van der Waals surface area contributed by atoms with Gasteiger partial charge in [-0.1, -0.05) is 10.3 Å². The van der Waals surface area contributed by atoms with Crippen LogP contribution in [0, 0.1) is 6.92 Å². The smallest absolute Gasteiger partial charge is 0.240 e. The Morgan fingerprint density at radius 2 is 2.00 bits per heavy atom. The van der Waals surface area contributed by atoms with Crippen molar-refractivity contribution in [2.75, 3.05) is 6.54 Å². The first kappa shape index (κ1) is 12.3. The van der Waals surface area contributed by atoms with E-state index in [4.69, 9.17) is 9.05 Å². The summed E-state index contributed by atoms with van der Waals surface area (Å²) in [6.07, 6.45) is 2.92. The van der Waals surface area contributed by atoms with Crippen molar-refractivity contribution < 1.29 is 9.05 Å². The molecule has 0 saturated carbocycles. The second kappa shape index (κ2) is 5.08. The molecule has 1 saturated heterocycles. The maximum Gasteiger partial charge on any atom is 0.240 e. The van der Waals surface area contributed by atoms with E-state index in [0.29, 0.717) is 35.9 Å². The molecule has 3 heterocycles. The fourth-order valence-corrected chi connectivity index (χ4v) is 2.38. The van der Waals surface area contributed by atoms with Crippen molar-refractivity contribution in [2.24, 2.45) is 0 Å². The van der Waals surface area contributed by atoms with Gasteiger partial charge in [0, 0.05) is 13.0 Å². The number of rotatable bonds is 4. The number of likely N-dealkylation sites (tertiary alicyclic amines) is 1. The molecular weight excluding hydrogens is 246 g/mol. The fraction of sp³-hybridized carbons (Fsp3) is 0.667. The molecule has 0 aromatic carbocycles. The largest absolute Gasteiger partial charge is 0.340 e. The molecule has 7 nitrogen and oxygen atoms in total. The first-order chi connectivity index (χ1) is 9.20. The highest BCUT2D eigenvalue weighted by atomic mass is 16.5. The summed E-state index contributed by atoms with van der Waals surface area (Å²) >= 11 is 0. The Bertz CT molecular complexity index is 550. The molecule has 1 fully saturated rings. The van der Waals surface area contributed by atoms with Crippen molar-refractivity contribution in [1.29, 1.82) is 0 Å². The molecule has 2 aromatic heterocycles. The number of aromatic nitrogens is 4. The van der Waals surface area contributed by atoms with Gasteiger partial charge >= 0.3 is 0 Å². The molecular formula is C12H17N5O2. The van der Waals surface area contributed by atoms with Gasteiger partial charge < -0.3 is 9.05 Å². The standard InChI is InChI=1S/C12H17N5O2/c1-8-4-3-5-17(8)7-12-14-11(16-19-12)6-10-13-9(2)18-15-10/h8H,3-7H2,1-2H3/t8-/m1/s1. The first-order valence-corrected chi connectivity index (χ1v) is 6.55. The average molecular weight is 263 g/mol. The lowest BCUT2D eigenvalue weighted by molar-refractivity contribution is 0.221. The van der Waals surface area contributed by atoms with Crippen molar-refractivity contribution in [2.45, 2.75) is 45.7 Å². The van der Waals surface area contributed by atoms with Crippen LogP contribution < -0.4 is 0 Å². The molecule has 19 heavy (non-hydrogen) atoms. The molecule has 7 heteroatoms. The van der Waals surface area contributed by atoms with E-state index in [0.717, 1.165) is 13.1 Å². The summed E-state index contributed by atoms with van der Waals surface area (Å²) in [4.78, 5) is 10.8. The van der Waals surface area contributed by atoms with Crippen molar-refractivity contribution in [3.63, 3.8) is 0 Å². The highest BCUT2D eigenvalue weighted by Crippen LogP contribution is 2.18. The van der Waals surface area contributed by atoms with Crippen LogP contribution in [0.25, 0.3) is 0 Å². The lowest BCUT2D eigenvalue weighted by Crippen LogP contribution is -2.26. The molecule has 1 aliphatic rings. The third-order valence-corrected chi connectivity index (χ3v) is 3.42. The van der Waals surface area contributed by atoms with Crippen LogP contribution in [0.3, 0.4) is 0 Å². The molecule has 102 valence electrons. The summed E-state index contributed by atoms with van der Waals surface area (Å²) in [6.45, 7) is 5.81. The zero-order valence-electron chi connectivity index (χ0n) is 11.2. The van der Waals surface area contributed by atoms with E-state index in [-0.39, 0.29) is 0 Å². The zero-order valence-corrected chi connectivity index (χ0v) is 11.2. The van der Waals surface area contributed by atoms with Gasteiger partial charge in [-0.2, -0.15) is 9.97 Å². The molecule has 1 aliphatic heterocycles. The summed E-state index contributed by atoms with van der Waals surface area (Å²) in [5.74, 6) is 2.38. The lowest BCUT2D eigenvalue weighted by Gasteiger charge is -2.17. The fourth-order valence-electron chi connectivity index (χ4n) is 2.38. The minimum Gasteiger partial charge on any atom is -0.340 e. The number of nitrogens with zero attached hydrogens (tertiary/aromatic N) is 5. The van der Waals surface area contributed by atoms with Gasteiger partial charge in [0.1, 0.15) is 0 Å². The molecule has 0 N–H and O–H groups in total. The molecule has 2 aromatic rings. The minimum atomic E-state index is 0.441. The van der Waals surface area contributed by atoms with E-state index in [1.165, 1.54) is 12.8 Å². The monoisotopic (exact) mass is 263 g/mol. The molecule has 0 amide bonds. The Labute approximate surface area is 111 Å². The van der Waals surface area contributed by atoms with Gasteiger partial charge in [0.25, 0.3) is 0 Å². The van der Waals surface area contributed by atoms with Gasteiger partial charge in [0.05, 0.1) is 13.0 Å². The summed E-state index contributed by atoms with van der Waals surface area (Å²) in [5, 5.41) is 7.77. The van der Waals surface area contributed by atoms with Crippen molar-refractivity contribution in [1.82, 2.24) is 25.2 Å². The van der Waals surface area contributed by atoms with Crippen LogP contribution in [0.1, 0.15) is 43.2 Å². The predicted octanol–water partition coefficient (Wildman–Crippen LogP) is 1.34. The van der Waals surface area contributed by atoms with E-state index in [1.807, 2.05) is 0 Å². The van der Waals surface area contributed by atoms with Gasteiger partial charge in [-0.05, 0) is 26.3 Å². The molecule has 0 bridgehead atoms. The SMILES string of the molecule is Cc1nc(Cc2noc(CN3CCC[C@H]3C)n2)no1. The Balaban J connectivity index is 1.63. The Kier molecular flexibility index (Phi) is 3.29. The van der Waals surface area contributed by atoms with Crippen molar-refractivity contribution in [3.05, 3.63) is 23.4 Å². The summed E-state index contributed by atoms with van der Waals surface area (Å²) < 4.78 is 10.2. The summed E-state index contributed by atoms with van der Waals surface area (Å²) in [7, 11) is 0. The maximum absolute atomic E-state index is 5.26. The Morgan fingerprint density at radius 1 is 1.21 bits per heavy atom. The van der Waals surface area contributed by atoms with E-state index in [2.05, 4.69) is 32.1 Å². The van der Waals surface area contributed by atoms with Gasteiger partial charge in [-0.25, -0.2) is 0 Å². The summed E-state index contributed by atoms with van der Waals surface area (Å²) in [6, 6.07) is 0.593. The molecule has 0 spiro atoms. The molecule has 1 atom stereocenters. The lowest BCUT2D eigenvalue weighted by atomic mass is 10.2. The molecule has 0 unspecified atom stereocenters. The van der Waals surface area contributed by atoms with Gasteiger partial charge in [-0.3, -0.25) is 4.90 Å². The van der Waals surface area contributed by atoms with Crippen LogP contribution in [-0.2, 0) is 13.0 Å². The number of hydrogen-bond acceptors (Lipinski definition) is 7. The van der Waals surface area contributed by atoms with Crippen LogP contribution in [0.5, 0.6) is 0 Å². The van der Waals surface area contributed by atoms with Gasteiger partial charge in [0.15, 0.2) is 11.6 Å². The topological polar surface area (TPSA) is 81.1 Å². The second-order valence-electron chi connectivity index (χ2n) is 4.97. The van der Waals surface area contributed by atoms with Crippen molar-refractivity contribution in [3.8, 4) is 0 Å². The Hall–Kier alpha value is -1.76. The van der Waals surface area contributed by atoms with Crippen LogP contribution in [0.15, 0.2) is 9.05 Å². The highest BCUT2D eigenvalue weighted by Gasteiger charge is 2.22. The summed E-state index contributed by atoms with van der Waals surface area (Å²) in [5.41, 5.74) is 0. The van der Waals surface area contributed by atoms with Crippen LogP contribution in [-0.4, -0.2) is 37.8 Å². The first-order valence-electron chi connectivity index (χ1n) is 6.55. The average Bonchev–Trinajstić information content (AvgIpc) is 3.06. The van der Waals surface area contributed by atoms with E-state index >= 15 is 0 Å². The maximum atomic E-state index is 5.26. The van der Waals surface area contributed by atoms with E-state index in [9.17, 15) is 0 Å². The van der Waals surface area contributed by atoms with E-state index in [1.54, 1.807) is 6.92 Å². The number of hydrogen-bond donors (Lipinski definition) is 0. The third kappa shape index (κ3) is 2.81. The molecule has 3 rings (SSSR count). The number of aryl methyl sites for hydroxylation is 1. The zero-order chi connectivity index (χ0) is 13.2. The van der Waals surface area contributed by atoms with E-state index < -0.39 is 0 Å². The van der Waals surface area contributed by atoms with Crippen molar-refractivity contribution >= 4 is 0 Å². The quantitative estimate of drug-likeness (QED) is 0.823.